The standard InChI is InChI=1S/C16H8F5N5/c17-10-2-11-6(5-24-26-11)1-7(10)12-8(3-22)13(15(18)19)25-14(16(20)21)9(12)4-23/h1-2,5,8,12,15-16H,(H,24,26). The van der Waals surface area contributed by atoms with Gasteiger partial charge >= 0.3 is 0 Å². The third-order valence-corrected chi connectivity index (χ3v) is 4.07. The van der Waals surface area contributed by atoms with E-state index >= 15 is 0 Å². The van der Waals surface area contributed by atoms with Crippen molar-refractivity contribution in [3.8, 4) is 12.1 Å². The highest BCUT2D eigenvalue weighted by molar-refractivity contribution is 5.95. The lowest BCUT2D eigenvalue weighted by Gasteiger charge is -2.28. The van der Waals surface area contributed by atoms with E-state index in [9.17, 15) is 32.5 Å². The number of nitrogens with zero attached hydrogens (tertiary/aromatic N) is 4. The molecule has 26 heavy (non-hydrogen) atoms. The Morgan fingerprint density at radius 3 is 2.42 bits per heavy atom. The Labute approximate surface area is 143 Å². The minimum absolute atomic E-state index is 0.287. The number of halogens is 5. The summed E-state index contributed by atoms with van der Waals surface area (Å²) in [6.45, 7) is 0. The van der Waals surface area contributed by atoms with Gasteiger partial charge in [-0.1, -0.05) is 0 Å². The highest BCUT2D eigenvalue weighted by atomic mass is 19.3. The summed E-state index contributed by atoms with van der Waals surface area (Å²) in [6, 6.07) is 5.22. The minimum Gasteiger partial charge on any atom is -0.278 e. The van der Waals surface area contributed by atoms with Crippen LogP contribution in [0.4, 0.5) is 22.0 Å². The fourth-order valence-corrected chi connectivity index (χ4v) is 2.94. The summed E-state index contributed by atoms with van der Waals surface area (Å²) >= 11 is 0. The van der Waals surface area contributed by atoms with Crippen LogP contribution in [0.3, 0.4) is 0 Å². The molecule has 2 atom stereocenters. The Balaban J connectivity index is 2.31. The molecule has 0 saturated carbocycles. The number of aromatic amines is 1. The number of aliphatic imine (C=N–C) groups is 1. The van der Waals surface area contributed by atoms with Gasteiger partial charge in [0.1, 0.15) is 23.1 Å². The van der Waals surface area contributed by atoms with Gasteiger partial charge < -0.3 is 0 Å². The molecule has 132 valence electrons. The molecule has 0 amide bonds. The van der Waals surface area contributed by atoms with E-state index < -0.39 is 47.5 Å². The molecule has 1 aliphatic rings. The number of aromatic nitrogens is 2. The molecule has 0 fully saturated rings. The van der Waals surface area contributed by atoms with Gasteiger partial charge in [-0.3, -0.25) is 5.10 Å². The predicted molar refractivity (Wildman–Crippen MR) is 80.0 cm³/mol. The predicted octanol–water partition coefficient (Wildman–Crippen LogP) is 3.69. The fourth-order valence-electron chi connectivity index (χ4n) is 2.94. The van der Waals surface area contributed by atoms with Gasteiger partial charge in [-0.2, -0.15) is 15.6 Å². The SMILES string of the molecule is N#CC1=C(C(F)F)N=C(C(F)F)C(C#N)C1c1cc2cn[nH]c2cc1F. The van der Waals surface area contributed by atoms with Crippen LogP contribution in [0.15, 0.2) is 34.6 Å². The van der Waals surface area contributed by atoms with Crippen molar-refractivity contribution < 1.29 is 22.0 Å². The first-order valence-electron chi connectivity index (χ1n) is 7.20. The smallest absolute Gasteiger partial charge is 0.278 e. The molecule has 0 aliphatic carbocycles. The second-order valence-corrected chi connectivity index (χ2v) is 5.46. The molecule has 2 heterocycles. The summed E-state index contributed by atoms with van der Waals surface area (Å²) in [7, 11) is 0. The molecule has 1 aliphatic heterocycles. The molecule has 2 aromatic rings. The molecule has 0 bridgehead atoms. The molecule has 3 rings (SSSR count). The highest BCUT2D eigenvalue weighted by Gasteiger charge is 2.43. The van der Waals surface area contributed by atoms with Crippen LogP contribution < -0.4 is 0 Å². The number of fused-ring (bicyclic) bond motifs is 1. The minimum atomic E-state index is -3.33. The Morgan fingerprint density at radius 2 is 1.85 bits per heavy atom. The summed E-state index contributed by atoms with van der Waals surface area (Å²) < 4.78 is 67.6. The van der Waals surface area contributed by atoms with E-state index in [1.165, 1.54) is 18.3 Å². The maximum absolute atomic E-state index is 14.6. The molecule has 1 aromatic carbocycles. The lowest BCUT2D eigenvalue weighted by molar-refractivity contribution is 0.182. The number of rotatable bonds is 3. The van der Waals surface area contributed by atoms with E-state index in [0.29, 0.717) is 5.39 Å². The highest BCUT2D eigenvalue weighted by Crippen LogP contribution is 2.42. The van der Waals surface area contributed by atoms with Crippen LogP contribution in [-0.4, -0.2) is 28.8 Å². The molecule has 0 saturated heterocycles. The van der Waals surface area contributed by atoms with Gasteiger partial charge in [-0.05, 0) is 17.7 Å². The molecule has 2 unspecified atom stereocenters. The topological polar surface area (TPSA) is 88.6 Å². The third kappa shape index (κ3) is 2.69. The van der Waals surface area contributed by atoms with Crippen LogP contribution in [0.2, 0.25) is 0 Å². The first-order valence-corrected chi connectivity index (χ1v) is 7.20. The van der Waals surface area contributed by atoms with Crippen molar-refractivity contribution in [1.82, 2.24) is 10.2 Å². The maximum atomic E-state index is 14.6. The maximum Gasteiger partial charge on any atom is 0.281 e. The summed E-state index contributed by atoms with van der Waals surface area (Å²) in [4.78, 5) is 3.15. The van der Waals surface area contributed by atoms with Crippen LogP contribution in [0.1, 0.15) is 11.5 Å². The number of nitrogens with one attached hydrogen (secondary N) is 1. The summed E-state index contributed by atoms with van der Waals surface area (Å²) in [6.07, 6.45) is -5.33. The lowest BCUT2D eigenvalue weighted by atomic mass is 9.76. The van der Waals surface area contributed by atoms with Crippen molar-refractivity contribution in [3.63, 3.8) is 0 Å². The van der Waals surface area contributed by atoms with Crippen LogP contribution in [0.5, 0.6) is 0 Å². The van der Waals surface area contributed by atoms with Crippen LogP contribution in [0, 0.1) is 34.4 Å². The van der Waals surface area contributed by atoms with Gasteiger partial charge in [0, 0.05) is 11.3 Å². The quantitative estimate of drug-likeness (QED) is 0.842. The van der Waals surface area contributed by atoms with E-state index in [1.54, 1.807) is 6.07 Å². The second-order valence-electron chi connectivity index (χ2n) is 5.46. The van der Waals surface area contributed by atoms with Gasteiger partial charge in [0.15, 0.2) is 0 Å². The molecule has 1 aromatic heterocycles. The summed E-state index contributed by atoms with van der Waals surface area (Å²) in [5.41, 5.74) is -3.04. The largest absolute Gasteiger partial charge is 0.281 e. The Bertz CT molecular complexity index is 1010. The number of allylic oxidation sites excluding steroid dienone is 2. The van der Waals surface area contributed by atoms with Gasteiger partial charge in [0.25, 0.3) is 12.9 Å². The molecule has 0 radical (unpaired) electrons. The monoisotopic (exact) mass is 365 g/mol. The number of hydrogen-bond donors (Lipinski definition) is 1. The first kappa shape index (κ1) is 17.5. The molecule has 1 N–H and O–H groups in total. The lowest BCUT2D eigenvalue weighted by Crippen LogP contribution is -2.33. The van der Waals surface area contributed by atoms with Gasteiger partial charge in [0.05, 0.1) is 29.4 Å². The molecular formula is C16H8F5N5. The van der Waals surface area contributed by atoms with Crippen molar-refractivity contribution in [3.05, 3.63) is 41.0 Å². The van der Waals surface area contributed by atoms with Crippen LogP contribution in [0.25, 0.3) is 10.9 Å². The zero-order chi connectivity index (χ0) is 19.0. The molecule has 5 nitrogen and oxygen atoms in total. The molecule has 0 spiro atoms. The number of alkyl halides is 4. The van der Waals surface area contributed by atoms with Crippen LogP contribution in [-0.2, 0) is 0 Å². The van der Waals surface area contributed by atoms with Gasteiger partial charge in [0.2, 0.25) is 0 Å². The van der Waals surface area contributed by atoms with Crippen molar-refractivity contribution in [2.45, 2.75) is 18.8 Å². The van der Waals surface area contributed by atoms with Gasteiger partial charge in [-0.25, -0.2) is 26.9 Å². The Morgan fingerprint density at radius 1 is 1.12 bits per heavy atom. The first-order chi connectivity index (χ1) is 12.4. The van der Waals surface area contributed by atoms with E-state index in [4.69, 9.17) is 0 Å². The van der Waals surface area contributed by atoms with E-state index in [2.05, 4.69) is 15.2 Å². The average Bonchev–Trinajstić information content (AvgIpc) is 3.05. The second kappa shape index (κ2) is 6.56. The number of benzene rings is 1. The van der Waals surface area contributed by atoms with E-state index in [1.807, 2.05) is 0 Å². The zero-order valence-electron chi connectivity index (χ0n) is 12.7. The van der Waals surface area contributed by atoms with E-state index in [-0.39, 0.29) is 11.1 Å². The van der Waals surface area contributed by atoms with Crippen molar-refractivity contribution in [2.75, 3.05) is 0 Å². The summed E-state index contributed by atoms with van der Waals surface area (Å²) in [5.74, 6) is -4.33. The van der Waals surface area contributed by atoms with Crippen molar-refractivity contribution in [1.29, 1.82) is 10.5 Å². The summed E-state index contributed by atoms with van der Waals surface area (Å²) in [5, 5.41) is 25.2. The Hall–Kier alpha value is -3.27. The third-order valence-electron chi connectivity index (χ3n) is 4.07. The number of nitriles is 2. The zero-order valence-corrected chi connectivity index (χ0v) is 12.7. The van der Waals surface area contributed by atoms with Crippen molar-refractivity contribution >= 4 is 16.6 Å². The number of hydrogen-bond acceptors (Lipinski definition) is 4. The van der Waals surface area contributed by atoms with E-state index in [0.717, 1.165) is 6.07 Å². The van der Waals surface area contributed by atoms with Crippen LogP contribution >= 0.6 is 0 Å². The molecule has 10 heteroatoms. The van der Waals surface area contributed by atoms with Crippen molar-refractivity contribution in [2.24, 2.45) is 10.9 Å². The average molecular weight is 365 g/mol. The van der Waals surface area contributed by atoms with Gasteiger partial charge in [-0.15, -0.1) is 0 Å². The number of H-pyrrole nitrogens is 1. The molecular weight excluding hydrogens is 357 g/mol. The Kier molecular flexibility index (Phi) is 4.43. The normalized spacial score (nSPS) is 20.4. The fraction of sp³-hybridized carbons (Fsp3) is 0.250.